The van der Waals surface area contributed by atoms with Crippen LogP contribution in [0.15, 0.2) is 16.7 Å². The molecule has 1 heterocycles. The van der Waals surface area contributed by atoms with Crippen molar-refractivity contribution in [3.63, 3.8) is 0 Å². The summed E-state index contributed by atoms with van der Waals surface area (Å²) in [4.78, 5) is 25.6. The van der Waals surface area contributed by atoms with Gasteiger partial charge in [0, 0.05) is 12.6 Å². The number of carbonyl (C=O) groups excluding carboxylic acids is 1. The van der Waals surface area contributed by atoms with E-state index < -0.39 is 11.0 Å². The van der Waals surface area contributed by atoms with E-state index in [2.05, 4.69) is 31.5 Å². The zero-order valence-electron chi connectivity index (χ0n) is 10.6. The maximum absolute atomic E-state index is 11.7. The Morgan fingerprint density at radius 2 is 2.32 bits per heavy atom. The second-order valence-corrected chi connectivity index (χ2v) is 4.79. The standard InChI is InChI=1S/C11H15BrN4O3/c1-3-4-13-11(17)7(2)15-10-9(12)5-8(6-14-10)16(18)19/h5-7H,3-4H2,1-2H3,(H,13,17)(H,14,15). The number of nitro groups is 1. The van der Waals surface area contributed by atoms with Crippen molar-refractivity contribution in [3.8, 4) is 0 Å². The third-order valence-electron chi connectivity index (χ3n) is 2.33. The van der Waals surface area contributed by atoms with Gasteiger partial charge in [-0.15, -0.1) is 0 Å². The smallest absolute Gasteiger partial charge is 0.288 e. The molecule has 0 radical (unpaired) electrons. The van der Waals surface area contributed by atoms with Crippen LogP contribution in [0, 0.1) is 10.1 Å². The summed E-state index contributed by atoms with van der Waals surface area (Å²) < 4.78 is 0.442. The van der Waals surface area contributed by atoms with Gasteiger partial charge in [-0.25, -0.2) is 4.98 Å². The van der Waals surface area contributed by atoms with Crippen molar-refractivity contribution < 1.29 is 9.72 Å². The monoisotopic (exact) mass is 330 g/mol. The lowest BCUT2D eigenvalue weighted by Gasteiger charge is -2.15. The maximum Gasteiger partial charge on any atom is 0.288 e. The summed E-state index contributed by atoms with van der Waals surface area (Å²) >= 11 is 3.18. The average molecular weight is 331 g/mol. The van der Waals surface area contributed by atoms with E-state index in [0.29, 0.717) is 16.8 Å². The number of nitrogens with one attached hydrogen (secondary N) is 2. The van der Waals surface area contributed by atoms with Gasteiger partial charge in [-0.05, 0) is 29.3 Å². The van der Waals surface area contributed by atoms with Crippen molar-refractivity contribution in [1.82, 2.24) is 10.3 Å². The Morgan fingerprint density at radius 1 is 1.63 bits per heavy atom. The van der Waals surface area contributed by atoms with Crippen molar-refractivity contribution in [2.75, 3.05) is 11.9 Å². The van der Waals surface area contributed by atoms with E-state index in [0.717, 1.165) is 12.6 Å². The second-order valence-electron chi connectivity index (χ2n) is 3.94. The van der Waals surface area contributed by atoms with Gasteiger partial charge in [0.1, 0.15) is 18.1 Å². The molecule has 0 aliphatic heterocycles. The minimum Gasteiger partial charge on any atom is -0.358 e. The van der Waals surface area contributed by atoms with Crippen molar-refractivity contribution in [1.29, 1.82) is 0 Å². The van der Waals surface area contributed by atoms with E-state index in [1.165, 1.54) is 6.07 Å². The minimum absolute atomic E-state index is 0.111. The van der Waals surface area contributed by atoms with E-state index in [1.807, 2.05) is 6.92 Å². The molecular weight excluding hydrogens is 316 g/mol. The van der Waals surface area contributed by atoms with Crippen LogP contribution in [-0.2, 0) is 4.79 Å². The highest BCUT2D eigenvalue weighted by molar-refractivity contribution is 9.10. The fourth-order valence-electron chi connectivity index (χ4n) is 1.31. The first-order valence-electron chi connectivity index (χ1n) is 5.80. The number of nitrogens with zero attached hydrogens (tertiary/aromatic N) is 2. The number of amides is 1. The topological polar surface area (TPSA) is 97.2 Å². The number of rotatable bonds is 6. The van der Waals surface area contributed by atoms with Gasteiger partial charge in [-0.3, -0.25) is 14.9 Å². The summed E-state index contributed by atoms with van der Waals surface area (Å²) in [6.07, 6.45) is 2.00. The van der Waals surface area contributed by atoms with Gasteiger partial charge in [0.25, 0.3) is 5.69 Å². The molecule has 1 amide bonds. The molecule has 0 bridgehead atoms. The molecule has 0 aliphatic rings. The molecule has 0 saturated heterocycles. The molecule has 1 aromatic heterocycles. The van der Waals surface area contributed by atoms with Crippen LogP contribution in [0.25, 0.3) is 0 Å². The Hall–Kier alpha value is -1.70. The summed E-state index contributed by atoms with van der Waals surface area (Å²) in [6, 6.07) is 0.864. The Labute approximate surface area is 119 Å². The van der Waals surface area contributed by atoms with Crippen LogP contribution in [-0.4, -0.2) is 28.4 Å². The van der Waals surface area contributed by atoms with Gasteiger partial charge < -0.3 is 10.6 Å². The first-order valence-corrected chi connectivity index (χ1v) is 6.59. The van der Waals surface area contributed by atoms with E-state index in [9.17, 15) is 14.9 Å². The van der Waals surface area contributed by atoms with Crippen molar-refractivity contribution >= 4 is 33.3 Å². The number of pyridine rings is 1. The van der Waals surface area contributed by atoms with Crippen LogP contribution < -0.4 is 10.6 Å². The van der Waals surface area contributed by atoms with Gasteiger partial charge in [0.2, 0.25) is 5.91 Å². The summed E-state index contributed by atoms with van der Waals surface area (Å²) in [7, 11) is 0. The molecule has 1 rings (SSSR count). The van der Waals surface area contributed by atoms with Crippen LogP contribution in [0.2, 0.25) is 0 Å². The van der Waals surface area contributed by atoms with E-state index in [1.54, 1.807) is 6.92 Å². The number of anilines is 1. The average Bonchev–Trinajstić information content (AvgIpc) is 2.37. The van der Waals surface area contributed by atoms with Crippen LogP contribution in [0.1, 0.15) is 20.3 Å². The van der Waals surface area contributed by atoms with Gasteiger partial charge in [0.05, 0.1) is 9.40 Å². The molecule has 19 heavy (non-hydrogen) atoms. The number of carbonyl (C=O) groups is 1. The molecule has 0 saturated carbocycles. The lowest BCUT2D eigenvalue weighted by Crippen LogP contribution is -2.38. The predicted octanol–water partition coefficient (Wildman–Crippen LogP) is 2.08. The van der Waals surface area contributed by atoms with Gasteiger partial charge in [-0.2, -0.15) is 0 Å². The van der Waals surface area contributed by atoms with E-state index in [-0.39, 0.29) is 11.6 Å². The third-order valence-corrected chi connectivity index (χ3v) is 2.94. The van der Waals surface area contributed by atoms with Crippen molar-refractivity contribution in [2.45, 2.75) is 26.3 Å². The Kier molecular flexibility index (Phi) is 5.68. The maximum atomic E-state index is 11.7. The molecule has 0 aromatic carbocycles. The number of aromatic nitrogens is 1. The number of hydrogen-bond donors (Lipinski definition) is 2. The highest BCUT2D eigenvalue weighted by atomic mass is 79.9. The molecule has 7 nitrogen and oxygen atoms in total. The second kappa shape index (κ2) is 7.03. The Morgan fingerprint density at radius 3 is 2.84 bits per heavy atom. The quantitative estimate of drug-likeness (QED) is 0.614. The SMILES string of the molecule is CCCNC(=O)C(C)Nc1ncc([N+](=O)[O-])cc1Br. The largest absolute Gasteiger partial charge is 0.358 e. The normalized spacial score (nSPS) is 11.7. The Balaban J connectivity index is 2.71. The van der Waals surface area contributed by atoms with Gasteiger partial charge >= 0.3 is 0 Å². The van der Waals surface area contributed by atoms with Crippen molar-refractivity contribution in [3.05, 3.63) is 26.9 Å². The zero-order valence-corrected chi connectivity index (χ0v) is 12.2. The molecule has 8 heteroatoms. The number of halogens is 1. The summed E-state index contributed by atoms with van der Waals surface area (Å²) in [5.41, 5.74) is -0.111. The minimum atomic E-state index is -0.529. The summed E-state index contributed by atoms with van der Waals surface area (Å²) in [6.45, 7) is 4.27. The lowest BCUT2D eigenvalue weighted by atomic mass is 10.3. The van der Waals surface area contributed by atoms with Crippen LogP contribution >= 0.6 is 15.9 Å². The molecule has 1 atom stereocenters. The highest BCUT2D eigenvalue weighted by Crippen LogP contribution is 2.24. The zero-order chi connectivity index (χ0) is 14.4. The van der Waals surface area contributed by atoms with Crippen LogP contribution in [0.4, 0.5) is 11.5 Å². The molecule has 1 unspecified atom stereocenters. The fraction of sp³-hybridized carbons (Fsp3) is 0.455. The predicted molar refractivity (Wildman–Crippen MR) is 75.0 cm³/mol. The third kappa shape index (κ3) is 4.47. The molecule has 0 aliphatic carbocycles. The molecule has 1 aromatic rings. The van der Waals surface area contributed by atoms with E-state index >= 15 is 0 Å². The van der Waals surface area contributed by atoms with Crippen molar-refractivity contribution in [2.24, 2.45) is 0 Å². The summed E-state index contributed by atoms with van der Waals surface area (Å²) in [5.74, 6) is 0.249. The molecule has 104 valence electrons. The first kappa shape index (κ1) is 15.4. The molecule has 0 spiro atoms. The van der Waals surface area contributed by atoms with E-state index in [4.69, 9.17) is 0 Å². The fourth-order valence-corrected chi connectivity index (χ4v) is 1.76. The highest BCUT2D eigenvalue weighted by Gasteiger charge is 2.16. The van der Waals surface area contributed by atoms with Crippen LogP contribution in [0.3, 0.4) is 0 Å². The number of hydrogen-bond acceptors (Lipinski definition) is 5. The molecular formula is C11H15BrN4O3. The first-order chi connectivity index (χ1) is 8.95. The van der Waals surface area contributed by atoms with Crippen LogP contribution in [0.5, 0.6) is 0 Å². The molecule has 2 N–H and O–H groups in total. The van der Waals surface area contributed by atoms with Gasteiger partial charge in [0.15, 0.2) is 0 Å². The molecule has 0 fully saturated rings. The van der Waals surface area contributed by atoms with Gasteiger partial charge in [-0.1, -0.05) is 6.92 Å². The lowest BCUT2D eigenvalue weighted by molar-refractivity contribution is -0.385. The Bertz CT molecular complexity index is 481. The summed E-state index contributed by atoms with van der Waals surface area (Å²) in [5, 5.41) is 16.2.